The van der Waals surface area contributed by atoms with Gasteiger partial charge in [0.25, 0.3) is 5.91 Å². The number of carbonyl (C=O) groups excluding carboxylic acids is 1. The van der Waals surface area contributed by atoms with Gasteiger partial charge < -0.3 is 5.32 Å². The first-order valence-electron chi connectivity index (χ1n) is 7.74. The maximum Gasteiger partial charge on any atom is 0.269 e. The molecule has 1 aromatic carbocycles. The molecule has 0 saturated heterocycles. The maximum absolute atomic E-state index is 12.0. The minimum absolute atomic E-state index is 0.107. The number of amides is 1. The summed E-state index contributed by atoms with van der Waals surface area (Å²) in [4.78, 5) is 18.5. The van der Waals surface area contributed by atoms with Crippen molar-refractivity contribution < 1.29 is 4.79 Å². The van der Waals surface area contributed by atoms with Crippen molar-refractivity contribution in [2.24, 2.45) is 0 Å². The molecular formula is C18H21N3O. The predicted molar refractivity (Wildman–Crippen MR) is 86.6 cm³/mol. The lowest BCUT2D eigenvalue weighted by Crippen LogP contribution is -2.44. The molecular weight excluding hydrogens is 274 g/mol. The van der Waals surface area contributed by atoms with Crippen LogP contribution >= 0.6 is 0 Å². The summed E-state index contributed by atoms with van der Waals surface area (Å²) < 4.78 is 0. The molecule has 114 valence electrons. The number of pyridine rings is 1. The number of nitrogens with zero attached hydrogens (tertiary/aromatic N) is 2. The molecule has 22 heavy (non-hydrogen) atoms. The third kappa shape index (κ3) is 3.34. The molecule has 0 radical (unpaired) electrons. The second-order valence-electron chi connectivity index (χ2n) is 5.76. The van der Waals surface area contributed by atoms with Gasteiger partial charge in [-0.1, -0.05) is 30.3 Å². The summed E-state index contributed by atoms with van der Waals surface area (Å²) in [5, 5.41) is 2.98. The van der Waals surface area contributed by atoms with E-state index in [1.165, 1.54) is 11.1 Å². The number of hydrogen-bond donors (Lipinski definition) is 1. The summed E-state index contributed by atoms with van der Waals surface area (Å²) >= 11 is 0. The number of nitrogens with one attached hydrogen (secondary N) is 1. The lowest BCUT2D eigenvalue weighted by Gasteiger charge is -2.33. The molecule has 0 spiro atoms. The Hall–Kier alpha value is -2.20. The Balaban J connectivity index is 1.55. The number of hydrogen-bond acceptors (Lipinski definition) is 3. The first kappa shape index (κ1) is 14.7. The van der Waals surface area contributed by atoms with Gasteiger partial charge >= 0.3 is 0 Å². The molecule has 1 unspecified atom stereocenters. The lowest BCUT2D eigenvalue weighted by molar-refractivity contribution is 0.0927. The van der Waals surface area contributed by atoms with E-state index in [4.69, 9.17) is 0 Å². The molecule has 4 nitrogen and oxygen atoms in total. The zero-order valence-electron chi connectivity index (χ0n) is 12.8. The number of aromatic nitrogens is 1. The van der Waals surface area contributed by atoms with Gasteiger partial charge in [0.05, 0.1) is 0 Å². The van der Waals surface area contributed by atoms with E-state index in [0.29, 0.717) is 18.3 Å². The highest BCUT2D eigenvalue weighted by molar-refractivity contribution is 5.92. The molecule has 1 atom stereocenters. The number of benzene rings is 1. The maximum atomic E-state index is 12.0. The Morgan fingerprint density at radius 3 is 2.77 bits per heavy atom. The fourth-order valence-corrected chi connectivity index (χ4v) is 2.85. The minimum atomic E-state index is -0.107. The highest BCUT2D eigenvalue weighted by Crippen LogP contribution is 2.19. The van der Waals surface area contributed by atoms with E-state index in [0.717, 1.165) is 19.5 Å². The van der Waals surface area contributed by atoms with Crippen LogP contribution in [0.3, 0.4) is 0 Å². The van der Waals surface area contributed by atoms with Crippen LogP contribution in [0.4, 0.5) is 0 Å². The van der Waals surface area contributed by atoms with Crippen LogP contribution in [0.5, 0.6) is 0 Å². The van der Waals surface area contributed by atoms with E-state index in [1.807, 2.05) is 12.1 Å². The zero-order valence-corrected chi connectivity index (χ0v) is 12.8. The molecule has 3 rings (SSSR count). The highest BCUT2D eigenvalue weighted by atomic mass is 16.1. The van der Waals surface area contributed by atoms with E-state index in [9.17, 15) is 4.79 Å². The lowest BCUT2D eigenvalue weighted by atomic mass is 9.99. The van der Waals surface area contributed by atoms with Gasteiger partial charge in [-0.3, -0.25) is 14.7 Å². The minimum Gasteiger partial charge on any atom is -0.349 e. The molecule has 1 aliphatic heterocycles. The molecule has 0 fully saturated rings. The van der Waals surface area contributed by atoms with E-state index in [-0.39, 0.29) is 5.91 Å². The Morgan fingerprint density at radius 2 is 2.00 bits per heavy atom. The SMILES string of the molecule is CC(CNC(=O)c1ccccn1)N1CCc2ccccc2C1. The molecule has 1 aliphatic rings. The molecule has 0 saturated carbocycles. The number of rotatable bonds is 4. The van der Waals surface area contributed by atoms with Crippen LogP contribution in [0.15, 0.2) is 48.7 Å². The smallest absolute Gasteiger partial charge is 0.269 e. The van der Waals surface area contributed by atoms with Crippen molar-refractivity contribution in [3.05, 3.63) is 65.5 Å². The fraction of sp³-hybridized carbons (Fsp3) is 0.333. The van der Waals surface area contributed by atoms with Crippen LogP contribution in [-0.4, -0.2) is 34.9 Å². The average molecular weight is 295 g/mol. The van der Waals surface area contributed by atoms with Crippen molar-refractivity contribution in [3.63, 3.8) is 0 Å². The van der Waals surface area contributed by atoms with E-state index in [2.05, 4.69) is 46.4 Å². The molecule has 1 N–H and O–H groups in total. The van der Waals surface area contributed by atoms with Crippen molar-refractivity contribution in [1.29, 1.82) is 0 Å². The summed E-state index contributed by atoms with van der Waals surface area (Å²) in [6.07, 6.45) is 2.72. The van der Waals surface area contributed by atoms with Crippen molar-refractivity contribution in [3.8, 4) is 0 Å². The van der Waals surface area contributed by atoms with Crippen LogP contribution in [0.25, 0.3) is 0 Å². The fourth-order valence-electron chi connectivity index (χ4n) is 2.85. The van der Waals surface area contributed by atoms with Gasteiger partial charge in [-0.05, 0) is 36.6 Å². The molecule has 0 bridgehead atoms. The normalized spacial score (nSPS) is 15.9. The van der Waals surface area contributed by atoms with Gasteiger partial charge in [0.1, 0.15) is 5.69 Å². The number of fused-ring (bicyclic) bond motifs is 1. The Bertz CT molecular complexity index is 642. The van der Waals surface area contributed by atoms with Gasteiger partial charge in [0, 0.05) is 31.9 Å². The quantitative estimate of drug-likeness (QED) is 0.941. The predicted octanol–water partition coefficient (Wildman–Crippen LogP) is 2.26. The second kappa shape index (κ2) is 6.71. The van der Waals surface area contributed by atoms with E-state index in [1.54, 1.807) is 12.3 Å². The summed E-state index contributed by atoms with van der Waals surface area (Å²) in [6.45, 7) is 4.79. The van der Waals surface area contributed by atoms with Crippen molar-refractivity contribution in [1.82, 2.24) is 15.2 Å². The third-order valence-electron chi connectivity index (χ3n) is 4.24. The molecule has 1 aromatic heterocycles. The van der Waals surface area contributed by atoms with Crippen LogP contribution < -0.4 is 5.32 Å². The van der Waals surface area contributed by atoms with Crippen molar-refractivity contribution >= 4 is 5.91 Å². The van der Waals surface area contributed by atoms with E-state index < -0.39 is 0 Å². The summed E-state index contributed by atoms with van der Waals surface area (Å²) in [5.41, 5.74) is 3.32. The Labute approximate surface area is 131 Å². The second-order valence-corrected chi connectivity index (χ2v) is 5.76. The van der Waals surface area contributed by atoms with Crippen LogP contribution in [-0.2, 0) is 13.0 Å². The molecule has 2 aromatic rings. The summed E-state index contributed by atoms with van der Waals surface area (Å²) in [5.74, 6) is -0.107. The van der Waals surface area contributed by atoms with Gasteiger partial charge in [-0.25, -0.2) is 0 Å². The van der Waals surface area contributed by atoms with Gasteiger partial charge in [0.2, 0.25) is 0 Å². The van der Waals surface area contributed by atoms with E-state index >= 15 is 0 Å². The highest BCUT2D eigenvalue weighted by Gasteiger charge is 2.20. The van der Waals surface area contributed by atoms with Gasteiger partial charge in [-0.2, -0.15) is 0 Å². The molecule has 4 heteroatoms. The Kier molecular flexibility index (Phi) is 4.49. The van der Waals surface area contributed by atoms with Crippen LogP contribution in [0.1, 0.15) is 28.5 Å². The zero-order chi connectivity index (χ0) is 15.4. The van der Waals surface area contributed by atoms with Crippen LogP contribution in [0.2, 0.25) is 0 Å². The first-order chi connectivity index (χ1) is 10.7. The van der Waals surface area contributed by atoms with Crippen molar-refractivity contribution in [2.45, 2.75) is 25.9 Å². The van der Waals surface area contributed by atoms with Crippen LogP contribution in [0, 0.1) is 0 Å². The topological polar surface area (TPSA) is 45.2 Å². The molecule has 0 aliphatic carbocycles. The Morgan fingerprint density at radius 1 is 1.23 bits per heavy atom. The third-order valence-corrected chi connectivity index (χ3v) is 4.24. The summed E-state index contributed by atoms with van der Waals surface area (Å²) in [7, 11) is 0. The molecule has 2 heterocycles. The standard InChI is InChI=1S/C18H21N3O/c1-14(12-20-18(22)17-8-4-5-10-19-17)21-11-9-15-6-2-3-7-16(15)13-21/h2-8,10,14H,9,11-13H2,1H3,(H,20,22). The van der Waals surface area contributed by atoms with Gasteiger partial charge in [0.15, 0.2) is 0 Å². The first-order valence-corrected chi connectivity index (χ1v) is 7.74. The number of carbonyl (C=O) groups is 1. The largest absolute Gasteiger partial charge is 0.349 e. The molecule has 1 amide bonds. The average Bonchev–Trinajstić information content (AvgIpc) is 2.59. The van der Waals surface area contributed by atoms with Crippen molar-refractivity contribution in [2.75, 3.05) is 13.1 Å². The van der Waals surface area contributed by atoms with Gasteiger partial charge in [-0.15, -0.1) is 0 Å². The summed E-state index contributed by atoms with van der Waals surface area (Å²) in [6, 6.07) is 14.3. The monoisotopic (exact) mass is 295 g/mol.